The molecule has 0 aromatic heterocycles. The van der Waals surface area contributed by atoms with Crippen molar-refractivity contribution in [3.8, 4) is 0 Å². The van der Waals surface area contributed by atoms with Crippen LogP contribution in [0.3, 0.4) is 0 Å². The zero-order chi connectivity index (χ0) is 19.5. The molecule has 2 aromatic rings. The molecule has 1 amide bonds. The molecule has 4 rings (SSSR count). The summed E-state index contributed by atoms with van der Waals surface area (Å²) in [7, 11) is 0. The summed E-state index contributed by atoms with van der Waals surface area (Å²) in [6.07, 6.45) is 6.47. The maximum absolute atomic E-state index is 13.4. The Hall–Kier alpha value is -2.04. The number of amidine groups is 1. The number of halogens is 1. The van der Waals surface area contributed by atoms with Gasteiger partial charge in [0, 0.05) is 11.1 Å². The average Bonchev–Trinajstić information content (AvgIpc) is 3.00. The molecule has 0 bridgehead atoms. The van der Waals surface area contributed by atoms with Crippen LogP contribution in [0, 0.1) is 5.92 Å². The Morgan fingerprint density at radius 1 is 1.07 bits per heavy atom. The van der Waals surface area contributed by atoms with Crippen LogP contribution >= 0.6 is 23.4 Å². The Labute approximate surface area is 175 Å². The maximum atomic E-state index is 13.4. The van der Waals surface area contributed by atoms with Crippen LogP contribution in [0.4, 0.5) is 5.69 Å². The van der Waals surface area contributed by atoms with Crippen molar-refractivity contribution in [1.82, 2.24) is 4.90 Å². The molecule has 1 heterocycles. The number of benzene rings is 2. The first-order chi connectivity index (χ1) is 13.6. The number of para-hydroxylation sites is 1. The van der Waals surface area contributed by atoms with Gasteiger partial charge in [-0.25, -0.2) is 4.99 Å². The molecule has 2 aliphatic rings. The van der Waals surface area contributed by atoms with Gasteiger partial charge in [0.15, 0.2) is 5.17 Å². The number of carbonyl (C=O) groups is 1. The van der Waals surface area contributed by atoms with Crippen molar-refractivity contribution in [3.05, 3.63) is 70.1 Å². The largest absolute Gasteiger partial charge is 0.283 e. The van der Waals surface area contributed by atoms with Crippen LogP contribution in [-0.4, -0.2) is 22.0 Å². The van der Waals surface area contributed by atoms with Gasteiger partial charge in [0.05, 0.1) is 10.6 Å². The molecule has 2 atom stereocenters. The molecule has 1 saturated carbocycles. The van der Waals surface area contributed by atoms with E-state index in [4.69, 9.17) is 16.6 Å². The highest BCUT2D eigenvalue weighted by Crippen LogP contribution is 2.40. The second-order valence-electron chi connectivity index (χ2n) is 7.37. The highest BCUT2D eigenvalue weighted by atomic mass is 35.5. The van der Waals surface area contributed by atoms with E-state index < -0.39 is 0 Å². The third-order valence-corrected chi connectivity index (χ3v) is 6.73. The number of rotatable bonds is 3. The lowest BCUT2D eigenvalue weighted by atomic mass is 9.85. The second-order valence-corrected chi connectivity index (χ2v) is 8.78. The fourth-order valence-electron chi connectivity index (χ4n) is 3.88. The minimum absolute atomic E-state index is 0.0401. The van der Waals surface area contributed by atoms with Gasteiger partial charge in [-0.1, -0.05) is 67.8 Å². The van der Waals surface area contributed by atoms with Crippen LogP contribution in [0.15, 0.2) is 64.5 Å². The first-order valence-electron chi connectivity index (χ1n) is 9.75. The number of hydrogen-bond acceptors (Lipinski definition) is 3. The van der Waals surface area contributed by atoms with E-state index in [2.05, 4.69) is 6.92 Å². The Bertz CT molecular complexity index is 925. The van der Waals surface area contributed by atoms with Gasteiger partial charge >= 0.3 is 0 Å². The van der Waals surface area contributed by atoms with Crippen LogP contribution in [-0.2, 0) is 4.79 Å². The molecule has 1 saturated heterocycles. The molecule has 0 unspecified atom stereocenters. The molecule has 1 aliphatic carbocycles. The monoisotopic (exact) mass is 410 g/mol. The smallest absolute Gasteiger partial charge is 0.267 e. The van der Waals surface area contributed by atoms with E-state index in [1.807, 2.05) is 65.6 Å². The van der Waals surface area contributed by atoms with Gasteiger partial charge in [-0.3, -0.25) is 9.69 Å². The third kappa shape index (κ3) is 4.03. The van der Waals surface area contributed by atoms with Crippen molar-refractivity contribution in [2.24, 2.45) is 10.9 Å². The lowest BCUT2D eigenvalue weighted by Crippen LogP contribution is -2.44. The SMILES string of the molecule is C[C@@H]1CCCC[C@@H]1N1C(=O)/C(=C/c2ccccc2Cl)SC1=Nc1ccccc1. The minimum atomic E-state index is 0.0401. The van der Waals surface area contributed by atoms with Crippen LogP contribution in [0.5, 0.6) is 0 Å². The van der Waals surface area contributed by atoms with Crippen molar-refractivity contribution < 1.29 is 4.79 Å². The van der Waals surface area contributed by atoms with Gasteiger partial charge in [-0.05, 0) is 60.4 Å². The Morgan fingerprint density at radius 2 is 1.79 bits per heavy atom. The number of hydrogen-bond donors (Lipinski definition) is 0. The number of carbonyl (C=O) groups excluding carboxylic acids is 1. The molecular weight excluding hydrogens is 388 g/mol. The van der Waals surface area contributed by atoms with E-state index in [1.54, 1.807) is 0 Å². The maximum Gasteiger partial charge on any atom is 0.267 e. The summed E-state index contributed by atoms with van der Waals surface area (Å²) in [4.78, 5) is 20.8. The Balaban J connectivity index is 1.73. The molecule has 28 heavy (non-hydrogen) atoms. The van der Waals surface area contributed by atoms with Crippen LogP contribution in [0.1, 0.15) is 38.2 Å². The van der Waals surface area contributed by atoms with Crippen LogP contribution in [0.2, 0.25) is 5.02 Å². The second kappa shape index (κ2) is 8.54. The standard InChI is InChI=1S/C23H23ClN2OS/c1-16-9-5-8-14-20(16)26-22(27)21(15-17-10-6-7-13-19(17)24)28-23(26)25-18-11-3-2-4-12-18/h2-4,6-7,10-13,15-16,20H,5,8-9,14H2,1H3/b21-15-,25-23?/t16-,20+/m1/s1. The molecule has 3 nitrogen and oxygen atoms in total. The molecule has 1 aliphatic heterocycles. The lowest BCUT2D eigenvalue weighted by molar-refractivity contribution is -0.124. The lowest BCUT2D eigenvalue weighted by Gasteiger charge is -2.35. The molecule has 2 aromatic carbocycles. The molecule has 0 radical (unpaired) electrons. The molecule has 5 heteroatoms. The average molecular weight is 411 g/mol. The van der Waals surface area contributed by atoms with E-state index in [-0.39, 0.29) is 11.9 Å². The molecule has 144 valence electrons. The normalized spacial score (nSPS) is 25.6. The summed E-state index contributed by atoms with van der Waals surface area (Å²) in [5.41, 5.74) is 1.72. The fraction of sp³-hybridized carbons (Fsp3) is 0.304. The topological polar surface area (TPSA) is 32.7 Å². The van der Waals surface area contributed by atoms with E-state index >= 15 is 0 Å². The zero-order valence-corrected chi connectivity index (χ0v) is 17.4. The third-order valence-electron chi connectivity index (χ3n) is 5.41. The Morgan fingerprint density at radius 3 is 2.54 bits per heavy atom. The van der Waals surface area contributed by atoms with Gasteiger partial charge < -0.3 is 0 Å². The molecular formula is C23H23ClN2OS. The number of amides is 1. The van der Waals surface area contributed by atoms with E-state index in [1.165, 1.54) is 18.2 Å². The van der Waals surface area contributed by atoms with Crippen molar-refractivity contribution in [2.75, 3.05) is 0 Å². The summed E-state index contributed by atoms with van der Waals surface area (Å²) in [6, 6.07) is 17.7. The Kier molecular flexibility index (Phi) is 5.88. The minimum Gasteiger partial charge on any atom is -0.283 e. The van der Waals surface area contributed by atoms with Crippen molar-refractivity contribution in [2.45, 2.75) is 38.6 Å². The van der Waals surface area contributed by atoms with E-state index in [0.29, 0.717) is 15.8 Å². The predicted molar refractivity (Wildman–Crippen MR) is 119 cm³/mol. The van der Waals surface area contributed by atoms with Crippen molar-refractivity contribution in [1.29, 1.82) is 0 Å². The number of nitrogens with zero attached hydrogens (tertiary/aromatic N) is 2. The van der Waals surface area contributed by atoms with Crippen molar-refractivity contribution in [3.63, 3.8) is 0 Å². The molecule has 0 N–H and O–H groups in total. The first kappa shape index (κ1) is 19.3. The van der Waals surface area contributed by atoms with Crippen molar-refractivity contribution >= 4 is 46.2 Å². The summed E-state index contributed by atoms with van der Waals surface area (Å²) in [6.45, 7) is 2.25. The fourth-order valence-corrected chi connectivity index (χ4v) is 5.11. The van der Waals surface area contributed by atoms with E-state index in [0.717, 1.165) is 35.7 Å². The number of thioether (sulfide) groups is 1. The molecule has 0 spiro atoms. The van der Waals surface area contributed by atoms with Gasteiger partial charge in [-0.15, -0.1) is 0 Å². The summed E-state index contributed by atoms with van der Waals surface area (Å²) in [5.74, 6) is 0.511. The van der Waals surface area contributed by atoms with Gasteiger partial charge in [0.1, 0.15) is 0 Å². The first-order valence-corrected chi connectivity index (χ1v) is 10.9. The summed E-state index contributed by atoms with van der Waals surface area (Å²) >= 11 is 7.77. The predicted octanol–water partition coefficient (Wildman–Crippen LogP) is 6.52. The summed E-state index contributed by atoms with van der Waals surface area (Å²) in [5, 5.41) is 1.42. The molecule has 2 fully saturated rings. The highest BCUT2D eigenvalue weighted by Gasteiger charge is 2.41. The summed E-state index contributed by atoms with van der Waals surface area (Å²) < 4.78 is 0. The van der Waals surface area contributed by atoms with Crippen LogP contribution in [0.25, 0.3) is 6.08 Å². The number of aliphatic imine (C=N–C) groups is 1. The van der Waals surface area contributed by atoms with Crippen LogP contribution < -0.4 is 0 Å². The van der Waals surface area contributed by atoms with E-state index in [9.17, 15) is 4.79 Å². The van der Waals surface area contributed by atoms with Gasteiger partial charge in [0.2, 0.25) is 0 Å². The quantitative estimate of drug-likeness (QED) is 0.539. The van der Waals surface area contributed by atoms with Gasteiger partial charge in [-0.2, -0.15) is 0 Å². The zero-order valence-electron chi connectivity index (χ0n) is 15.8. The highest BCUT2D eigenvalue weighted by molar-refractivity contribution is 8.18. The van der Waals surface area contributed by atoms with Gasteiger partial charge in [0.25, 0.3) is 5.91 Å².